The Balaban J connectivity index is 2.30. The van der Waals surface area contributed by atoms with Crippen molar-refractivity contribution in [1.82, 2.24) is 4.90 Å². The van der Waals surface area contributed by atoms with Gasteiger partial charge in [0.1, 0.15) is 0 Å². The molecule has 1 saturated heterocycles. The van der Waals surface area contributed by atoms with Gasteiger partial charge in [-0.1, -0.05) is 19.8 Å². The Morgan fingerprint density at radius 2 is 2.21 bits per heavy atom. The van der Waals surface area contributed by atoms with E-state index in [-0.39, 0.29) is 0 Å². The molecule has 2 nitrogen and oxygen atoms in total. The standard InChI is InChI=1S/C12H26N2/c1-3-6-12-7-4-5-9-14(12)10-8-11(2)13/h11-12H,3-10,13H2,1-2H3. The highest BCUT2D eigenvalue weighted by atomic mass is 15.2. The highest BCUT2D eigenvalue weighted by Crippen LogP contribution is 2.20. The molecule has 0 aliphatic carbocycles. The van der Waals surface area contributed by atoms with Crippen LogP contribution in [0.3, 0.4) is 0 Å². The molecule has 2 N–H and O–H groups in total. The maximum atomic E-state index is 5.80. The summed E-state index contributed by atoms with van der Waals surface area (Å²) in [5.74, 6) is 0. The van der Waals surface area contributed by atoms with E-state index in [1.54, 1.807) is 0 Å². The highest BCUT2D eigenvalue weighted by molar-refractivity contribution is 4.77. The SMILES string of the molecule is CCCC1CCCCN1CCC(C)N. The molecular weight excluding hydrogens is 172 g/mol. The summed E-state index contributed by atoms with van der Waals surface area (Å²) in [6.45, 7) is 6.91. The lowest BCUT2D eigenvalue weighted by atomic mass is 9.98. The summed E-state index contributed by atoms with van der Waals surface area (Å²) in [5.41, 5.74) is 5.80. The zero-order valence-corrected chi connectivity index (χ0v) is 9.84. The van der Waals surface area contributed by atoms with Crippen molar-refractivity contribution < 1.29 is 0 Å². The maximum absolute atomic E-state index is 5.80. The van der Waals surface area contributed by atoms with Crippen molar-refractivity contribution >= 4 is 0 Å². The fraction of sp³-hybridized carbons (Fsp3) is 1.00. The van der Waals surface area contributed by atoms with Crippen molar-refractivity contribution in [1.29, 1.82) is 0 Å². The monoisotopic (exact) mass is 198 g/mol. The average molecular weight is 198 g/mol. The van der Waals surface area contributed by atoms with Gasteiger partial charge < -0.3 is 10.6 Å². The second kappa shape index (κ2) is 6.41. The average Bonchev–Trinajstić information content (AvgIpc) is 2.17. The lowest BCUT2D eigenvalue weighted by molar-refractivity contribution is 0.136. The van der Waals surface area contributed by atoms with Gasteiger partial charge in [0.25, 0.3) is 0 Å². The molecule has 1 rings (SSSR count). The molecule has 0 bridgehead atoms. The summed E-state index contributed by atoms with van der Waals surface area (Å²) in [6, 6.07) is 1.21. The van der Waals surface area contributed by atoms with Crippen LogP contribution in [0.5, 0.6) is 0 Å². The molecule has 2 atom stereocenters. The van der Waals surface area contributed by atoms with Gasteiger partial charge in [-0.2, -0.15) is 0 Å². The normalized spacial score (nSPS) is 26.4. The third-order valence-electron chi connectivity index (χ3n) is 3.24. The Morgan fingerprint density at radius 3 is 2.86 bits per heavy atom. The topological polar surface area (TPSA) is 29.3 Å². The van der Waals surface area contributed by atoms with Crippen molar-refractivity contribution in [2.24, 2.45) is 5.73 Å². The van der Waals surface area contributed by atoms with Gasteiger partial charge in [-0.15, -0.1) is 0 Å². The van der Waals surface area contributed by atoms with E-state index in [1.807, 2.05) is 0 Å². The van der Waals surface area contributed by atoms with Gasteiger partial charge in [-0.25, -0.2) is 0 Å². The van der Waals surface area contributed by atoms with Crippen molar-refractivity contribution in [2.45, 2.75) is 64.5 Å². The van der Waals surface area contributed by atoms with Crippen LogP contribution in [0.25, 0.3) is 0 Å². The maximum Gasteiger partial charge on any atom is 0.00951 e. The van der Waals surface area contributed by atoms with Crippen molar-refractivity contribution in [3.63, 3.8) is 0 Å². The highest BCUT2D eigenvalue weighted by Gasteiger charge is 2.20. The molecule has 1 aliphatic rings. The van der Waals surface area contributed by atoms with Gasteiger partial charge in [0.05, 0.1) is 0 Å². The quantitative estimate of drug-likeness (QED) is 0.735. The first-order valence-electron chi connectivity index (χ1n) is 6.23. The number of likely N-dealkylation sites (tertiary alicyclic amines) is 1. The number of rotatable bonds is 5. The molecule has 1 heterocycles. The minimum Gasteiger partial charge on any atom is -0.328 e. The summed E-state index contributed by atoms with van der Waals surface area (Å²) < 4.78 is 0. The van der Waals surface area contributed by atoms with Gasteiger partial charge >= 0.3 is 0 Å². The number of nitrogens with zero attached hydrogens (tertiary/aromatic N) is 1. The molecule has 1 fully saturated rings. The molecule has 0 aromatic rings. The van der Waals surface area contributed by atoms with Gasteiger partial charge in [-0.3, -0.25) is 0 Å². The molecule has 84 valence electrons. The summed E-state index contributed by atoms with van der Waals surface area (Å²) in [4.78, 5) is 2.66. The molecule has 0 saturated carbocycles. The van der Waals surface area contributed by atoms with E-state index in [2.05, 4.69) is 18.7 Å². The van der Waals surface area contributed by atoms with Crippen LogP contribution >= 0.6 is 0 Å². The predicted molar refractivity (Wildman–Crippen MR) is 62.4 cm³/mol. The van der Waals surface area contributed by atoms with Gasteiger partial charge in [0, 0.05) is 12.1 Å². The Kier molecular flexibility index (Phi) is 5.49. The first-order valence-corrected chi connectivity index (χ1v) is 6.23. The van der Waals surface area contributed by atoms with Gasteiger partial charge in [-0.05, 0) is 45.7 Å². The predicted octanol–water partition coefficient (Wildman–Crippen LogP) is 2.38. The molecule has 14 heavy (non-hydrogen) atoms. The van der Waals surface area contributed by atoms with Gasteiger partial charge in [0.15, 0.2) is 0 Å². The van der Waals surface area contributed by atoms with Crippen LogP contribution < -0.4 is 5.73 Å². The van der Waals surface area contributed by atoms with Crippen LogP contribution in [-0.4, -0.2) is 30.1 Å². The molecule has 0 aromatic heterocycles. The Labute approximate surface area is 88.8 Å². The molecule has 0 radical (unpaired) electrons. The van der Waals surface area contributed by atoms with Crippen LogP contribution in [-0.2, 0) is 0 Å². The van der Waals surface area contributed by atoms with Crippen molar-refractivity contribution in [2.75, 3.05) is 13.1 Å². The number of hydrogen-bond acceptors (Lipinski definition) is 2. The molecular formula is C12H26N2. The summed E-state index contributed by atoms with van der Waals surface area (Å²) in [5, 5.41) is 0. The number of nitrogens with two attached hydrogens (primary N) is 1. The van der Waals surface area contributed by atoms with Crippen LogP contribution in [0.2, 0.25) is 0 Å². The molecule has 2 heteroatoms. The van der Waals surface area contributed by atoms with E-state index in [4.69, 9.17) is 5.73 Å². The fourth-order valence-electron chi connectivity index (χ4n) is 2.38. The molecule has 0 spiro atoms. The molecule has 1 aliphatic heterocycles. The van der Waals surface area contributed by atoms with Crippen LogP contribution in [0.4, 0.5) is 0 Å². The second-order valence-corrected chi connectivity index (χ2v) is 4.74. The second-order valence-electron chi connectivity index (χ2n) is 4.74. The van der Waals surface area contributed by atoms with E-state index in [1.165, 1.54) is 45.2 Å². The first-order chi connectivity index (χ1) is 6.74. The van der Waals surface area contributed by atoms with Crippen LogP contribution in [0, 0.1) is 0 Å². The van der Waals surface area contributed by atoms with E-state index in [9.17, 15) is 0 Å². The molecule has 0 amide bonds. The Hall–Kier alpha value is -0.0800. The number of hydrogen-bond donors (Lipinski definition) is 1. The lowest BCUT2D eigenvalue weighted by Gasteiger charge is -2.36. The van der Waals surface area contributed by atoms with Crippen molar-refractivity contribution in [3.05, 3.63) is 0 Å². The third-order valence-corrected chi connectivity index (χ3v) is 3.24. The summed E-state index contributed by atoms with van der Waals surface area (Å²) in [6.07, 6.45) is 8.07. The minimum absolute atomic E-state index is 0.360. The van der Waals surface area contributed by atoms with Crippen LogP contribution in [0.15, 0.2) is 0 Å². The molecule has 0 aromatic carbocycles. The zero-order chi connectivity index (χ0) is 10.4. The van der Waals surface area contributed by atoms with Crippen molar-refractivity contribution in [3.8, 4) is 0 Å². The first kappa shape index (κ1) is 12.0. The van der Waals surface area contributed by atoms with E-state index >= 15 is 0 Å². The lowest BCUT2D eigenvalue weighted by Crippen LogP contribution is -2.41. The van der Waals surface area contributed by atoms with E-state index < -0.39 is 0 Å². The molecule has 2 unspecified atom stereocenters. The van der Waals surface area contributed by atoms with E-state index in [0.29, 0.717) is 6.04 Å². The largest absolute Gasteiger partial charge is 0.328 e. The Morgan fingerprint density at radius 1 is 1.43 bits per heavy atom. The Bertz CT molecular complexity index is 143. The minimum atomic E-state index is 0.360. The summed E-state index contributed by atoms with van der Waals surface area (Å²) in [7, 11) is 0. The smallest absolute Gasteiger partial charge is 0.00951 e. The van der Waals surface area contributed by atoms with Gasteiger partial charge in [0.2, 0.25) is 0 Å². The fourth-order valence-corrected chi connectivity index (χ4v) is 2.38. The third kappa shape index (κ3) is 3.97. The summed E-state index contributed by atoms with van der Waals surface area (Å²) >= 11 is 0. The number of piperidine rings is 1. The van der Waals surface area contributed by atoms with E-state index in [0.717, 1.165) is 12.5 Å². The van der Waals surface area contributed by atoms with Crippen LogP contribution in [0.1, 0.15) is 52.4 Å². The zero-order valence-electron chi connectivity index (χ0n) is 9.84.